The van der Waals surface area contributed by atoms with Crippen LogP contribution in [0.3, 0.4) is 0 Å². The van der Waals surface area contributed by atoms with Crippen LogP contribution in [0.4, 0.5) is 0 Å². The Morgan fingerprint density at radius 1 is 1.04 bits per heavy atom. The van der Waals surface area contributed by atoms with Crippen LogP contribution in [-0.2, 0) is 31.1 Å². The van der Waals surface area contributed by atoms with Crippen molar-refractivity contribution in [2.75, 3.05) is 46.6 Å². The number of hydrogen-bond acceptors (Lipinski definition) is 11. The van der Waals surface area contributed by atoms with Crippen LogP contribution in [0.15, 0.2) is 76.5 Å². The highest BCUT2D eigenvalue weighted by molar-refractivity contribution is 7.92. The van der Waals surface area contributed by atoms with E-state index < -0.39 is 42.9 Å². The monoisotopic (exact) mass is 717 g/mol. The Hall–Kier alpha value is -3.08. The molecule has 14 heteroatoms. The summed E-state index contributed by atoms with van der Waals surface area (Å²) in [5.74, 6) is 0.875. The smallest absolute Gasteiger partial charge is 0.243 e. The maximum Gasteiger partial charge on any atom is 0.243 e. The molecule has 2 aliphatic rings. The van der Waals surface area contributed by atoms with Gasteiger partial charge in [0.25, 0.3) is 0 Å². The number of piperidine rings is 1. The fourth-order valence-electron chi connectivity index (χ4n) is 6.19. The van der Waals surface area contributed by atoms with Crippen molar-refractivity contribution in [3.8, 4) is 22.6 Å². The van der Waals surface area contributed by atoms with Crippen molar-refractivity contribution in [1.29, 1.82) is 0 Å². The molecule has 2 aliphatic heterocycles. The molecule has 0 amide bonds. The molecule has 1 spiro atoms. The van der Waals surface area contributed by atoms with E-state index in [0.717, 1.165) is 11.1 Å². The number of ether oxygens (including phenoxy) is 3. The number of nitrogens with one attached hydrogen (secondary N) is 1. The van der Waals surface area contributed by atoms with Crippen molar-refractivity contribution in [2.24, 2.45) is 5.73 Å². The lowest BCUT2D eigenvalue weighted by atomic mass is 9.88. The third-order valence-electron chi connectivity index (χ3n) is 9.46. The summed E-state index contributed by atoms with van der Waals surface area (Å²) in [6.07, 6.45) is 0.906. The van der Waals surface area contributed by atoms with Gasteiger partial charge in [-0.05, 0) is 80.6 Å². The van der Waals surface area contributed by atoms with Crippen LogP contribution >= 0.6 is 0 Å². The van der Waals surface area contributed by atoms with Gasteiger partial charge in [-0.15, -0.1) is 0 Å². The largest absolute Gasteiger partial charge is 0.496 e. The second kappa shape index (κ2) is 15.0. The van der Waals surface area contributed by atoms with Gasteiger partial charge in [0.1, 0.15) is 24.2 Å². The first-order chi connectivity index (χ1) is 23.2. The number of sulfone groups is 1. The zero-order chi connectivity index (χ0) is 35.5. The third kappa shape index (κ3) is 8.12. The lowest BCUT2D eigenvalue weighted by Gasteiger charge is -2.38. The van der Waals surface area contributed by atoms with E-state index in [0.29, 0.717) is 62.6 Å². The number of aliphatic hydroxyl groups excluding tert-OH is 2. The molecule has 2 saturated heterocycles. The molecule has 5 rings (SSSR count). The van der Waals surface area contributed by atoms with Gasteiger partial charge < -0.3 is 35.5 Å². The van der Waals surface area contributed by atoms with Gasteiger partial charge in [0, 0.05) is 37.8 Å². The molecule has 2 fully saturated rings. The van der Waals surface area contributed by atoms with Gasteiger partial charge in [-0.2, -0.15) is 4.31 Å². The number of benzene rings is 3. The van der Waals surface area contributed by atoms with E-state index in [2.05, 4.69) is 5.32 Å². The minimum atomic E-state index is -3.79. The van der Waals surface area contributed by atoms with Crippen LogP contribution in [0.5, 0.6) is 11.5 Å². The van der Waals surface area contributed by atoms with E-state index >= 15 is 0 Å². The van der Waals surface area contributed by atoms with E-state index in [4.69, 9.17) is 19.9 Å². The first-order valence-corrected chi connectivity index (χ1v) is 19.3. The zero-order valence-electron chi connectivity index (χ0n) is 28.2. The Kier molecular flexibility index (Phi) is 11.4. The highest BCUT2D eigenvalue weighted by atomic mass is 32.2. The highest BCUT2D eigenvalue weighted by Gasteiger charge is 2.45. The van der Waals surface area contributed by atoms with E-state index in [9.17, 15) is 27.0 Å². The Bertz CT molecular complexity index is 1810. The predicted octanol–water partition coefficient (Wildman–Crippen LogP) is 2.71. The lowest BCUT2D eigenvalue weighted by molar-refractivity contribution is -0.0312. The molecule has 0 saturated carbocycles. The van der Waals surface area contributed by atoms with Gasteiger partial charge in [0.2, 0.25) is 10.0 Å². The van der Waals surface area contributed by atoms with Gasteiger partial charge in [-0.1, -0.05) is 30.3 Å². The Labute approximate surface area is 289 Å². The summed E-state index contributed by atoms with van der Waals surface area (Å²) in [6.45, 7) is 4.05. The normalized spacial score (nSPS) is 19.2. The standard InChI is InChI=1S/C35H47N3O9S2/c1-34(2,24-39)48(41,42)30-6-4-5-29(17-30)46-23-28(40)21-37-27-19-35(47-22-27)13-15-38(16-14-35)49(43,44)31-11-12-33(45-3)32(18-31)26-9-7-25(20-36)8-10-26/h4-12,17-18,27-28,37,39-40H,13-16,19-24,36H2,1-3H3/t27-,28-/m0/s1. The average Bonchev–Trinajstić information content (AvgIpc) is 3.51. The number of methoxy groups -OCH3 is 1. The molecule has 2 heterocycles. The van der Waals surface area contributed by atoms with Gasteiger partial charge in [0.05, 0.1) is 40.5 Å². The summed E-state index contributed by atoms with van der Waals surface area (Å²) < 4.78 is 70.8. The number of nitrogens with zero attached hydrogens (tertiary/aromatic N) is 1. The second-order valence-electron chi connectivity index (χ2n) is 13.3. The second-order valence-corrected chi connectivity index (χ2v) is 17.9. The molecule has 3 aromatic rings. The van der Waals surface area contributed by atoms with Gasteiger partial charge >= 0.3 is 0 Å². The fraction of sp³-hybridized carbons (Fsp3) is 0.486. The number of hydrogen-bond donors (Lipinski definition) is 4. The highest BCUT2D eigenvalue weighted by Crippen LogP contribution is 2.39. The summed E-state index contributed by atoms with van der Waals surface area (Å²) >= 11 is 0. The quantitative estimate of drug-likeness (QED) is 0.193. The molecule has 0 unspecified atom stereocenters. The number of rotatable bonds is 14. The van der Waals surface area contributed by atoms with Crippen molar-refractivity contribution in [3.05, 3.63) is 72.3 Å². The number of aliphatic hydroxyl groups is 2. The molecule has 268 valence electrons. The maximum atomic E-state index is 13.7. The summed E-state index contributed by atoms with van der Waals surface area (Å²) in [5, 5.41) is 23.4. The molecule has 0 aromatic heterocycles. The fourth-order valence-corrected chi connectivity index (χ4v) is 9.00. The minimum absolute atomic E-state index is 0.0261. The molecule has 0 aliphatic carbocycles. The summed E-state index contributed by atoms with van der Waals surface area (Å²) in [6, 6.07) is 18.5. The first kappa shape index (κ1) is 37.2. The molecule has 12 nitrogen and oxygen atoms in total. The Morgan fingerprint density at radius 2 is 1.76 bits per heavy atom. The van der Waals surface area contributed by atoms with Crippen LogP contribution in [-0.4, -0.2) is 100 Å². The van der Waals surface area contributed by atoms with E-state index in [-0.39, 0.29) is 29.0 Å². The molecular weight excluding hydrogens is 671 g/mol. The summed E-state index contributed by atoms with van der Waals surface area (Å²) in [5.41, 5.74) is 7.78. The van der Waals surface area contributed by atoms with Crippen LogP contribution in [0.2, 0.25) is 0 Å². The predicted molar refractivity (Wildman–Crippen MR) is 186 cm³/mol. The molecule has 0 radical (unpaired) electrons. The van der Waals surface area contributed by atoms with Crippen LogP contribution in [0.1, 0.15) is 38.7 Å². The topological polar surface area (TPSA) is 178 Å². The minimum Gasteiger partial charge on any atom is -0.496 e. The summed E-state index contributed by atoms with van der Waals surface area (Å²) in [4.78, 5) is 0.235. The zero-order valence-corrected chi connectivity index (χ0v) is 29.8. The van der Waals surface area contributed by atoms with E-state index in [1.54, 1.807) is 37.4 Å². The van der Waals surface area contributed by atoms with Crippen molar-refractivity contribution in [1.82, 2.24) is 9.62 Å². The molecule has 5 N–H and O–H groups in total. The third-order valence-corrected chi connectivity index (χ3v) is 13.8. The van der Waals surface area contributed by atoms with Gasteiger partial charge in [-0.25, -0.2) is 16.8 Å². The van der Waals surface area contributed by atoms with Crippen LogP contribution < -0.4 is 20.5 Å². The average molecular weight is 718 g/mol. The molecular formula is C35H47N3O9S2. The van der Waals surface area contributed by atoms with Crippen molar-refractivity contribution in [2.45, 2.75) is 71.9 Å². The number of nitrogens with two attached hydrogens (primary N) is 1. The van der Waals surface area contributed by atoms with E-state index in [1.165, 1.54) is 30.3 Å². The van der Waals surface area contributed by atoms with E-state index in [1.807, 2.05) is 24.3 Å². The number of sulfonamides is 1. The lowest BCUT2D eigenvalue weighted by Crippen LogP contribution is -2.47. The van der Waals surface area contributed by atoms with Crippen LogP contribution in [0, 0.1) is 0 Å². The first-order valence-electron chi connectivity index (χ1n) is 16.3. The molecule has 0 bridgehead atoms. The van der Waals surface area contributed by atoms with Crippen molar-refractivity contribution < 1.29 is 41.3 Å². The van der Waals surface area contributed by atoms with Gasteiger partial charge in [-0.3, -0.25) is 0 Å². The van der Waals surface area contributed by atoms with Crippen molar-refractivity contribution in [3.63, 3.8) is 0 Å². The van der Waals surface area contributed by atoms with Crippen LogP contribution in [0.25, 0.3) is 11.1 Å². The van der Waals surface area contributed by atoms with Gasteiger partial charge in [0.15, 0.2) is 9.84 Å². The van der Waals surface area contributed by atoms with Crippen molar-refractivity contribution >= 4 is 19.9 Å². The maximum absolute atomic E-state index is 13.7. The Balaban J connectivity index is 1.13. The molecule has 2 atom stereocenters. The summed E-state index contributed by atoms with van der Waals surface area (Å²) in [7, 11) is -6.00. The molecule has 3 aromatic carbocycles. The Morgan fingerprint density at radius 3 is 2.41 bits per heavy atom. The SMILES string of the molecule is COc1ccc(S(=O)(=O)N2CCC3(CC2)C[C@H](NC[C@H](O)COc2cccc(S(=O)(=O)C(C)(C)CO)c2)CO3)cc1-c1ccc(CN)cc1. The molecule has 49 heavy (non-hydrogen) atoms.